The molecule has 0 fully saturated rings. The van der Waals surface area contributed by atoms with Crippen LogP contribution >= 0.6 is 23.1 Å². The molecule has 0 aliphatic heterocycles. The van der Waals surface area contributed by atoms with E-state index >= 15 is 0 Å². The Bertz CT molecular complexity index is 1410. The molecule has 0 aliphatic carbocycles. The highest BCUT2D eigenvalue weighted by Crippen LogP contribution is 2.31. The Morgan fingerprint density at radius 3 is 2.46 bits per heavy atom. The lowest BCUT2D eigenvalue weighted by Gasteiger charge is -2.07. The number of thiazole rings is 1. The van der Waals surface area contributed by atoms with E-state index < -0.39 is 4.92 Å². The first kappa shape index (κ1) is 26.1. The first-order valence-corrected chi connectivity index (χ1v) is 13.3. The van der Waals surface area contributed by atoms with Gasteiger partial charge in [-0.25, -0.2) is 4.98 Å². The fourth-order valence-electron chi connectivity index (χ4n) is 3.27. The van der Waals surface area contributed by atoms with E-state index in [4.69, 9.17) is 4.74 Å². The second-order valence-electron chi connectivity index (χ2n) is 7.98. The van der Waals surface area contributed by atoms with Gasteiger partial charge < -0.3 is 15.4 Å². The molecule has 0 saturated carbocycles. The van der Waals surface area contributed by atoms with Crippen molar-refractivity contribution in [1.82, 2.24) is 4.98 Å². The molecule has 190 valence electrons. The van der Waals surface area contributed by atoms with Crippen molar-refractivity contribution in [2.45, 2.75) is 24.1 Å². The molecule has 2 amide bonds. The van der Waals surface area contributed by atoms with E-state index in [2.05, 4.69) is 22.5 Å². The summed E-state index contributed by atoms with van der Waals surface area (Å²) in [5, 5.41) is 16.4. The number of non-ortho nitro benzene ring substituents is 1. The van der Waals surface area contributed by atoms with Gasteiger partial charge in [-0.2, -0.15) is 0 Å². The highest BCUT2D eigenvalue weighted by Gasteiger charge is 2.12. The van der Waals surface area contributed by atoms with Crippen molar-refractivity contribution in [3.05, 3.63) is 82.4 Å². The third-order valence-electron chi connectivity index (χ3n) is 5.20. The monoisotopic (exact) mass is 536 g/mol. The second-order valence-corrected chi connectivity index (χ2v) is 10.2. The molecular formula is C26H24N4O5S2. The Labute approximate surface area is 221 Å². The molecule has 0 radical (unpaired) electrons. The van der Waals surface area contributed by atoms with Crippen molar-refractivity contribution in [3.63, 3.8) is 0 Å². The van der Waals surface area contributed by atoms with Gasteiger partial charge in [-0.3, -0.25) is 19.7 Å². The van der Waals surface area contributed by atoms with Crippen LogP contribution in [0.5, 0.6) is 5.75 Å². The maximum Gasteiger partial charge on any atom is 0.269 e. The average Bonchev–Trinajstić information content (AvgIpc) is 3.30. The van der Waals surface area contributed by atoms with Crippen molar-refractivity contribution in [2.75, 3.05) is 23.0 Å². The van der Waals surface area contributed by atoms with Gasteiger partial charge in [0.15, 0.2) is 4.34 Å². The molecule has 9 nitrogen and oxygen atoms in total. The topological polar surface area (TPSA) is 123 Å². The molecule has 4 rings (SSSR count). The van der Waals surface area contributed by atoms with Gasteiger partial charge in [0.25, 0.3) is 11.6 Å². The van der Waals surface area contributed by atoms with Crippen LogP contribution in [0.15, 0.2) is 71.1 Å². The lowest BCUT2D eigenvalue weighted by molar-refractivity contribution is -0.384. The van der Waals surface area contributed by atoms with Gasteiger partial charge in [0.2, 0.25) is 5.91 Å². The Balaban J connectivity index is 1.31. The smallest absolute Gasteiger partial charge is 0.269 e. The van der Waals surface area contributed by atoms with Crippen LogP contribution in [0.2, 0.25) is 0 Å². The fraction of sp³-hybridized carbons (Fsp3) is 0.192. The largest absolute Gasteiger partial charge is 0.494 e. The number of anilines is 2. The number of hydrogen-bond donors (Lipinski definition) is 2. The summed E-state index contributed by atoms with van der Waals surface area (Å²) >= 11 is 2.72. The number of rotatable bonds is 11. The number of hydrogen-bond acceptors (Lipinski definition) is 8. The molecule has 0 spiro atoms. The molecule has 0 unspecified atom stereocenters. The lowest BCUT2D eigenvalue weighted by Crippen LogP contribution is -2.13. The molecule has 0 bridgehead atoms. The van der Waals surface area contributed by atoms with E-state index in [-0.39, 0.29) is 23.3 Å². The molecular weight excluding hydrogens is 512 g/mol. The summed E-state index contributed by atoms with van der Waals surface area (Å²) in [6.45, 7) is 2.76. The number of thioether (sulfide) groups is 1. The number of amides is 2. The fourth-order valence-corrected chi connectivity index (χ4v) is 5.18. The zero-order valence-electron chi connectivity index (χ0n) is 19.9. The zero-order chi connectivity index (χ0) is 26.2. The first-order valence-electron chi connectivity index (χ1n) is 11.5. The van der Waals surface area contributed by atoms with Crippen LogP contribution in [0.1, 0.15) is 30.1 Å². The van der Waals surface area contributed by atoms with Crippen LogP contribution in [-0.4, -0.2) is 34.1 Å². The normalized spacial score (nSPS) is 10.7. The number of carbonyl (C=O) groups excluding carboxylic acids is 2. The summed E-state index contributed by atoms with van der Waals surface area (Å²) in [4.78, 5) is 39.7. The van der Waals surface area contributed by atoms with Crippen molar-refractivity contribution < 1.29 is 19.2 Å². The summed E-state index contributed by atoms with van der Waals surface area (Å²) in [6.07, 6.45) is 2.04. The number of nitrogens with one attached hydrogen (secondary N) is 2. The molecule has 0 atom stereocenters. The number of benzene rings is 3. The number of aromatic nitrogens is 1. The number of nitrogens with zero attached hydrogens (tertiary/aromatic N) is 2. The summed E-state index contributed by atoms with van der Waals surface area (Å²) in [5.74, 6) is 0.412. The van der Waals surface area contributed by atoms with Gasteiger partial charge in [0.05, 0.1) is 27.5 Å². The zero-order valence-corrected chi connectivity index (χ0v) is 21.6. The Morgan fingerprint density at radius 1 is 1.03 bits per heavy atom. The maximum absolute atomic E-state index is 12.7. The maximum atomic E-state index is 12.7. The highest BCUT2D eigenvalue weighted by atomic mass is 32.2. The summed E-state index contributed by atoms with van der Waals surface area (Å²) in [7, 11) is 0. The third kappa shape index (κ3) is 7.28. The van der Waals surface area contributed by atoms with E-state index in [1.807, 2.05) is 12.1 Å². The van der Waals surface area contributed by atoms with Gasteiger partial charge >= 0.3 is 0 Å². The molecule has 0 saturated heterocycles. The predicted octanol–water partition coefficient (Wildman–Crippen LogP) is 6.37. The Hall–Kier alpha value is -3.96. The average molecular weight is 537 g/mol. The van der Waals surface area contributed by atoms with Crippen LogP contribution < -0.4 is 15.4 Å². The third-order valence-corrected chi connectivity index (χ3v) is 7.36. The van der Waals surface area contributed by atoms with Crippen LogP contribution in [0.4, 0.5) is 17.1 Å². The lowest BCUT2D eigenvalue weighted by atomic mass is 10.2. The highest BCUT2D eigenvalue weighted by molar-refractivity contribution is 8.01. The Kier molecular flexibility index (Phi) is 8.70. The van der Waals surface area contributed by atoms with E-state index in [1.54, 1.807) is 30.3 Å². The molecule has 1 heterocycles. The van der Waals surface area contributed by atoms with Gasteiger partial charge in [-0.05, 0) is 61.0 Å². The first-order chi connectivity index (χ1) is 17.9. The van der Waals surface area contributed by atoms with Crippen LogP contribution in [0.25, 0.3) is 10.2 Å². The predicted molar refractivity (Wildman–Crippen MR) is 147 cm³/mol. The molecule has 0 aliphatic rings. The molecule has 11 heteroatoms. The second kappa shape index (κ2) is 12.3. The number of carbonyl (C=O) groups is 2. The van der Waals surface area contributed by atoms with Crippen molar-refractivity contribution in [3.8, 4) is 5.75 Å². The van der Waals surface area contributed by atoms with Gasteiger partial charge in [-0.1, -0.05) is 25.1 Å². The number of nitro benzene ring substituents is 1. The van der Waals surface area contributed by atoms with Gasteiger partial charge in [-0.15, -0.1) is 11.3 Å². The van der Waals surface area contributed by atoms with Crippen LogP contribution in [0.3, 0.4) is 0 Å². The molecule has 3 aromatic carbocycles. The Morgan fingerprint density at radius 2 is 1.76 bits per heavy atom. The summed E-state index contributed by atoms with van der Waals surface area (Å²) in [6, 6.07) is 18.2. The molecule has 4 aromatic rings. The van der Waals surface area contributed by atoms with Crippen LogP contribution in [-0.2, 0) is 4.79 Å². The van der Waals surface area contributed by atoms with Crippen molar-refractivity contribution in [1.29, 1.82) is 0 Å². The SMILES string of the molecule is CCCCOc1ccc(C(=O)Nc2ccc3nc(SCC(=O)Nc4ccc([N+](=O)[O-])cc4)sc3c2)cc1. The standard InChI is InChI=1S/C26H24N4O5S2/c1-2-3-14-35-21-11-4-17(5-12-21)25(32)28-19-8-13-22-23(15-19)37-26(29-22)36-16-24(31)27-18-6-9-20(10-7-18)30(33)34/h4-13,15H,2-3,14,16H2,1H3,(H,27,31)(H,28,32). The number of unbranched alkanes of at least 4 members (excludes halogenated alkanes) is 1. The van der Waals surface area contributed by atoms with E-state index in [0.717, 1.165) is 33.1 Å². The van der Waals surface area contributed by atoms with Crippen LogP contribution in [0, 0.1) is 10.1 Å². The summed E-state index contributed by atoms with van der Waals surface area (Å²) in [5.41, 5.74) is 2.40. The molecule has 1 aromatic heterocycles. The van der Waals surface area contributed by atoms with Gasteiger partial charge in [0, 0.05) is 29.1 Å². The number of nitro groups is 1. The molecule has 2 N–H and O–H groups in total. The van der Waals surface area contributed by atoms with E-state index in [0.29, 0.717) is 23.5 Å². The van der Waals surface area contributed by atoms with Crippen molar-refractivity contribution >= 4 is 62.2 Å². The minimum absolute atomic E-state index is 0.0391. The van der Waals surface area contributed by atoms with Crippen molar-refractivity contribution in [2.24, 2.45) is 0 Å². The minimum atomic E-state index is -0.493. The molecule has 37 heavy (non-hydrogen) atoms. The summed E-state index contributed by atoms with van der Waals surface area (Å²) < 4.78 is 7.24. The van der Waals surface area contributed by atoms with Gasteiger partial charge in [0.1, 0.15) is 5.75 Å². The van der Waals surface area contributed by atoms with E-state index in [1.165, 1.54) is 47.4 Å². The number of fused-ring (bicyclic) bond motifs is 1. The van der Waals surface area contributed by atoms with E-state index in [9.17, 15) is 19.7 Å². The minimum Gasteiger partial charge on any atom is -0.494 e. The quantitative estimate of drug-likeness (QED) is 0.0988. The number of ether oxygens (including phenoxy) is 1.